The number of aryl methyl sites for hydroxylation is 2. The SMILES string of the molecule is Cc1cccc(-n2c(=O)c3sccc3n(CC(=O)NC3CCc4ccccc43)c2=O)c1C. The van der Waals surface area contributed by atoms with Crippen LogP contribution in [0.25, 0.3) is 15.9 Å². The van der Waals surface area contributed by atoms with Crippen LogP contribution in [0.2, 0.25) is 0 Å². The Hall–Kier alpha value is -3.45. The van der Waals surface area contributed by atoms with Gasteiger partial charge in [0.2, 0.25) is 5.91 Å². The number of amides is 1. The van der Waals surface area contributed by atoms with Crippen molar-refractivity contribution in [2.45, 2.75) is 39.3 Å². The molecule has 2 heterocycles. The number of hydrogen-bond donors (Lipinski definition) is 1. The lowest BCUT2D eigenvalue weighted by molar-refractivity contribution is -0.122. The number of benzene rings is 2. The fourth-order valence-electron chi connectivity index (χ4n) is 4.52. The molecule has 162 valence electrons. The van der Waals surface area contributed by atoms with Crippen molar-refractivity contribution in [1.29, 1.82) is 0 Å². The number of carbonyl (C=O) groups excluding carboxylic acids is 1. The minimum Gasteiger partial charge on any atom is -0.348 e. The average molecular weight is 446 g/mol. The van der Waals surface area contributed by atoms with E-state index in [9.17, 15) is 14.4 Å². The third kappa shape index (κ3) is 3.29. The summed E-state index contributed by atoms with van der Waals surface area (Å²) in [5.41, 5.74) is 4.42. The van der Waals surface area contributed by atoms with Gasteiger partial charge in [-0.2, -0.15) is 0 Å². The van der Waals surface area contributed by atoms with Gasteiger partial charge in [0.05, 0.1) is 17.2 Å². The molecular formula is C25H23N3O3S. The molecule has 1 aliphatic rings. The van der Waals surface area contributed by atoms with Crippen molar-refractivity contribution in [3.63, 3.8) is 0 Å². The monoisotopic (exact) mass is 445 g/mol. The molecule has 1 unspecified atom stereocenters. The normalized spacial score (nSPS) is 15.1. The van der Waals surface area contributed by atoms with Crippen LogP contribution in [0.15, 0.2) is 63.5 Å². The van der Waals surface area contributed by atoms with Gasteiger partial charge < -0.3 is 5.32 Å². The van der Waals surface area contributed by atoms with E-state index in [-0.39, 0.29) is 24.1 Å². The van der Waals surface area contributed by atoms with Crippen LogP contribution >= 0.6 is 11.3 Å². The smallest absolute Gasteiger partial charge is 0.336 e. The van der Waals surface area contributed by atoms with Crippen LogP contribution in [0.5, 0.6) is 0 Å². The Morgan fingerprint density at radius 2 is 1.91 bits per heavy atom. The number of hydrogen-bond acceptors (Lipinski definition) is 4. The predicted molar refractivity (Wildman–Crippen MR) is 127 cm³/mol. The van der Waals surface area contributed by atoms with Crippen LogP contribution in [0.3, 0.4) is 0 Å². The first-order valence-corrected chi connectivity index (χ1v) is 11.5. The fourth-order valence-corrected chi connectivity index (χ4v) is 5.35. The number of rotatable bonds is 4. The topological polar surface area (TPSA) is 73.1 Å². The summed E-state index contributed by atoms with van der Waals surface area (Å²) < 4.78 is 3.06. The summed E-state index contributed by atoms with van der Waals surface area (Å²) in [7, 11) is 0. The quantitative estimate of drug-likeness (QED) is 0.521. The van der Waals surface area contributed by atoms with Crippen molar-refractivity contribution in [1.82, 2.24) is 14.5 Å². The van der Waals surface area contributed by atoms with Gasteiger partial charge in [0.25, 0.3) is 5.56 Å². The number of thiophene rings is 1. The Bertz CT molecular complexity index is 1480. The van der Waals surface area contributed by atoms with E-state index in [1.807, 2.05) is 44.2 Å². The van der Waals surface area contributed by atoms with Gasteiger partial charge in [-0.25, -0.2) is 9.36 Å². The maximum atomic E-state index is 13.5. The molecule has 2 aromatic heterocycles. The van der Waals surface area contributed by atoms with Gasteiger partial charge >= 0.3 is 5.69 Å². The van der Waals surface area contributed by atoms with Crippen molar-refractivity contribution in [3.05, 3.63) is 97.0 Å². The third-order valence-corrected chi connectivity index (χ3v) is 7.23. The molecule has 1 N–H and O–H groups in total. The van der Waals surface area contributed by atoms with Gasteiger partial charge in [-0.05, 0) is 66.5 Å². The summed E-state index contributed by atoms with van der Waals surface area (Å²) in [4.78, 5) is 39.7. The summed E-state index contributed by atoms with van der Waals surface area (Å²) >= 11 is 1.28. The maximum absolute atomic E-state index is 13.5. The Morgan fingerprint density at radius 1 is 1.09 bits per heavy atom. The van der Waals surface area contributed by atoms with Crippen molar-refractivity contribution in [2.75, 3.05) is 0 Å². The molecule has 0 aliphatic heterocycles. The minimum atomic E-state index is -0.503. The van der Waals surface area contributed by atoms with E-state index in [1.54, 1.807) is 17.5 Å². The van der Waals surface area contributed by atoms with E-state index in [4.69, 9.17) is 0 Å². The standard InChI is InChI=1S/C25H23N3O3S/c1-15-6-5-9-20(16(15)2)28-24(30)23-21(12-13-32-23)27(25(28)31)14-22(29)26-19-11-10-17-7-3-4-8-18(17)19/h3-9,12-13,19H,10-11,14H2,1-2H3,(H,26,29). The first-order valence-electron chi connectivity index (χ1n) is 10.6. The highest BCUT2D eigenvalue weighted by Crippen LogP contribution is 2.30. The van der Waals surface area contributed by atoms with Crippen molar-refractivity contribution < 1.29 is 4.79 Å². The molecule has 0 radical (unpaired) electrons. The van der Waals surface area contributed by atoms with Gasteiger partial charge in [-0.15, -0.1) is 11.3 Å². The highest BCUT2D eigenvalue weighted by molar-refractivity contribution is 7.17. The Labute approximate surface area is 188 Å². The molecule has 1 aliphatic carbocycles. The Kier molecular flexibility index (Phi) is 5.06. The summed E-state index contributed by atoms with van der Waals surface area (Å²) in [6, 6.07) is 15.3. The van der Waals surface area contributed by atoms with Crippen LogP contribution in [-0.4, -0.2) is 15.0 Å². The van der Waals surface area contributed by atoms with Gasteiger partial charge in [-0.1, -0.05) is 36.4 Å². The molecule has 7 heteroatoms. The molecule has 0 saturated heterocycles. The summed E-state index contributed by atoms with van der Waals surface area (Å²) in [6.07, 6.45) is 1.77. The number of nitrogens with zero attached hydrogens (tertiary/aromatic N) is 2. The van der Waals surface area contributed by atoms with Gasteiger partial charge in [-0.3, -0.25) is 14.2 Å². The molecule has 32 heavy (non-hydrogen) atoms. The Balaban J connectivity index is 1.56. The first-order chi connectivity index (χ1) is 15.5. The summed E-state index contributed by atoms with van der Waals surface area (Å²) in [5.74, 6) is -0.243. The predicted octanol–water partition coefficient (Wildman–Crippen LogP) is 3.63. The zero-order chi connectivity index (χ0) is 22.4. The van der Waals surface area contributed by atoms with Gasteiger partial charge in [0, 0.05) is 0 Å². The molecule has 0 bridgehead atoms. The first kappa shape index (κ1) is 20.5. The largest absolute Gasteiger partial charge is 0.348 e. The molecule has 6 nitrogen and oxygen atoms in total. The van der Waals surface area contributed by atoms with E-state index in [2.05, 4.69) is 11.4 Å². The molecule has 0 fully saturated rings. The highest BCUT2D eigenvalue weighted by Gasteiger charge is 2.24. The molecular weight excluding hydrogens is 422 g/mol. The number of carbonyl (C=O) groups is 1. The summed E-state index contributed by atoms with van der Waals surface area (Å²) in [6.45, 7) is 3.69. The number of fused-ring (bicyclic) bond motifs is 2. The lowest BCUT2D eigenvalue weighted by atomic mass is 10.1. The van der Waals surface area contributed by atoms with Gasteiger partial charge in [0.1, 0.15) is 11.2 Å². The lowest BCUT2D eigenvalue weighted by Gasteiger charge is -2.17. The average Bonchev–Trinajstić information content (AvgIpc) is 3.42. The van der Waals surface area contributed by atoms with Crippen LogP contribution < -0.4 is 16.6 Å². The van der Waals surface area contributed by atoms with Crippen LogP contribution in [0.1, 0.15) is 34.7 Å². The molecule has 0 saturated carbocycles. The number of nitrogens with one attached hydrogen (secondary N) is 1. The van der Waals surface area contributed by atoms with Crippen LogP contribution in [-0.2, 0) is 17.8 Å². The third-order valence-electron chi connectivity index (χ3n) is 6.34. The van der Waals surface area contributed by atoms with Crippen LogP contribution in [0.4, 0.5) is 0 Å². The molecule has 4 aromatic rings. The number of aromatic nitrogens is 2. The van der Waals surface area contributed by atoms with E-state index in [1.165, 1.54) is 26.0 Å². The van der Waals surface area contributed by atoms with Crippen molar-refractivity contribution >= 4 is 27.5 Å². The fraction of sp³-hybridized carbons (Fsp3) is 0.240. The zero-order valence-electron chi connectivity index (χ0n) is 17.9. The van der Waals surface area contributed by atoms with E-state index >= 15 is 0 Å². The van der Waals surface area contributed by atoms with E-state index in [0.29, 0.717) is 15.9 Å². The molecule has 1 atom stereocenters. The molecule has 2 aromatic carbocycles. The molecule has 5 rings (SSSR count). The second-order valence-corrected chi connectivity index (χ2v) is 9.14. The van der Waals surface area contributed by atoms with Crippen molar-refractivity contribution in [3.8, 4) is 5.69 Å². The highest BCUT2D eigenvalue weighted by atomic mass is 32.1. The maximum Gasteiger partial charge on any atom is 0.336 e. The zero-order valence-corrected chi connectivity index (χ0v) is 18.7. The molecule has 1 amide bonds. The second-order valence-electron chi connectivity index (χ2n) is 8.22. The van der Waals surface area contributed by atoms with Gasteiger partial charge in [0.15, 0.2) is 0 Å². The second kappa shape index (κ2) is 7.91. The van der Waals surface area contributed by atoms with Crippen LogP contribution in [0, 0.1) is 13.8 Å². The minimum absolute atomic E-state index is 0.0581. The summed E-state index contributed by atoms with van der Waals surface area (Å²) in [5, 5.41) is 4.86. The van der Waals surface area contributed by atoms with E-state index < -0.39 is 5.69 Å². The van der Waals surface area contributed by atoms with E-state index in [0.717, 1.165) is 29.5 Å². The van der Waals surface area contributed by atoms with Crippen molar-refractivity contribution in [2.24, 2.45) is 0 Å². The molecule has 0 spiro atoms. The Morgan fingerprint density at radius 3 is 2.75 bits per heavy atom. The lowest BCUT2D eigenvalue weighted by Crippen LogP contribution is -2.42.